The maximum Gasteiger partial charge on any atom is 0.229 e. The number of methoxy groups -OCH3 is 1. The Balaban J connectivity index is 1.50. The predicted molar refractivity (Wildman–Crippen MR) is 132 cm³/mol. The quantitative estimate of drug-likeness (QED) is 0.533. The van der Waals surface area contributed by atoms with Crippen LogP contribution in [0.1, 0.15) is 18.5 Å². The highest BCUT2D eigenvalue weighted by Gasteiger charge is 2.17. The molecule has 0 radical (unpaired) electrons. The van der Waals surface area contributed by atoms with Crippen molar-refractivity contribution < 1.29 is 4.74 Å². The molecule has 1 saturated heterocycles. The Hall–Kier alpha value is -3.03. The summed E-state index contributed by atoms with van der Waals surface area (Å²) in [4.78, 5) is 13.6. The molecule has 1 aliphatic rings. The molecule has 2 heterocycles. The van der Waals surface area contributed by atoms with E-state index in [1.54, 1.807) is 13.3 Å². The van der Waals surface area contributed by atoms with Crippen LogP contribution in [-0.2, 0) is 0 Å². The van der Waals surface area contributed by atoms with E-state index >= 15 is 0 Å². The second kappa shape index (κ2) is 10.1. The van der Waals surface area contributed by atoms with Crippen molar-refractivity contribution in [2.24, 2.45) is 0 Å². The SMILES string of the molecule is COc1cc(N2CCN(C)CC2)ccc1Nc1ncc(Cl)c(NC(C)c2ccccc2)n1. The molecule has 3 aromatic rings. The Bertz CT molecular complexity index is 1040. The van der Waals surface area contributed by atoms with Gasteiger partial charge in [0.2, 0.25) is 5.95 Å². The number of rotatable bonds is 7. The Morgan fingerprint density at radius 2 is 1.81 bits per heavy atom. The lowest BCUT2D eigenvalue weighted by atomic mass is 10.1. The third-order valence-corrected chi connectivity index (χ3v) is 5.97. The molecule has 0 amide bonds. The van der Waals surface area contributed by atoms with Crippen LogP contribution in [0.3, 0.4) is 0 Å². The van der Waals surface area contributed by atoms with E-state index in [2.05, 4.69) is 68.6 Å². The molecule has 1 aromatic heterocycles. The van der Waals surface area contributed by atoms with Gasteiger partial charge in [0.15, 0.2) is 5.82 Å². The minimum atomic E-state index is 0.0499. The van der Waals surface area contributed by atoms with Crippen LogP contribution in [0, 0.1) is 0 Å². The molecule has 1 aliphatic heterocycles. The number of aromatic nitrogens is 2. The van der Waals surface area contributed by atoms with Crippen LogP contribution in [0.25, 0.3) is 0 Å². The second-order valence-corrected chi connectivity index (χ2v) is 8.37. The molecule has 0 bridgehead atoms. The fourth-order valence-electron chi connectivity index (χ4n) is 3.72. The Morgan fingerprint density at radius 3 is 2.53 bits per heavy atom. The first-order valence-corrected chi connectivity index (χ1v) is 11.1. The van der Waals surface area contributed by atoms with Gasteiger partial charge in [-0.15, -0.1) is 0 Å². The minimum Gasteiger partial charge on any atom is -0.494 e. The summed E-state index contributed by atoms with van der Waals surface area (Å²) in [6, 6.07) is 16.4. The number of halogens is 1. The third-order valence-electron chi connectivity index (χ3n) is 5.70. The lowest BCUT2D eigenvalue weighted by Crippen LogP contribution is -2.44. The maximum absolute atomic E-state index is 6.36. The average Bonchev–Trinajstić information content (AvgIpc) is 2.82. The molecule has 0 saturated carbocycles. The molecule has 1 atom stereocenters. The molecule has 7 nitrogen and oxygen atoms in total. The van der Waals surface area contributed by atoms with Gasteiger partial charge in [-0.05, 0) is 31.7 Å². The van der Waals surface area contributed by atoms with Crippen molar-refractivity contribution >= 4 is 34.7 Å². The first-order chi connectivity index (χ1) is 15.5. The standard InChI is InChI=1S/C24H29ClN6O/c1-17(18-7-5-4-6-8-18)27-23-20(25)16-26-24(29-23)28-21-10-9-19(15-22(21)32-3)31-13-11-30(2)12-14-31/h4-10,15-17H,11-14H2,1-3H3,(H2,26,27,28,29). The van der Waals surface area contributed by atoms with Gasteiger partial charge in [0.1, 0.15) is 10.8 Å². The number of benzene rings is 2. The fraction of sp³-hybridized carbons (Fsp3) is 0.333. The topological polar surface area (TPSA) is 65.6 Å². The largest absolute Gasteiger partial charge is 0.494 e. The number of hydrogen-bond acceptors (Lipinski definition) is 7. The highest BCUT2D eigenvalue weighted by atomic mass is 35.5. The normalized spacial score (nSPS) is 15.3. The number of nitrogens with zero attached hydrogens (tertiary/aromatic N) is 4. The van der Waals surface area contributed by atoms with Gasteiger partial charge in [0.05, 0.1) is 19.0 Å². The van der Waals surface area contributed by atoms with Gasteiger partial charge in [-0.2, -0.15) is 4.98 Å². The van der Waals surface area contributed by atoms with Gasteiger partial charge < -0.3 is 25.2 Å². The molecule has 0 spiro atoms. The Kier molecular flexibility index (Phi) is 6.97. The number of piperazine rings is 1. The van der Waals surface area contributed by atoms with E-state index < -0.39 is 0 Å². The summed E-state index contributed by atoms with van der Waals surface area (Å²) in [7, 11) is 3.83. The number of ether oxygens (including phenoxy) is 1. The second-order valence-electron chi connectivity index (χ2n) is 7.97. The molecule has 2 aromatic carbocycles. The van der Waals surface area contributed by atoms with E-state index in [1.165, 1.54) is 0 Å². The maximum atomic E-state index is 6.36. The number of likely N-dealkylation sites (N-methyl/N-ethyl adjacent to an activating group) is 1. The highest BCUT2D eigenvalue weighted by molar-refractivity contribution is 6.32. The number of nitrogens with one attached hydrogen (secondary N) is 2. The van der Waals surface area contributed by atoms with Crippen LogP contribution in [0.2, 0.25) is 5.02 Å². The molecule has 32 heavy (non-hydrogen) atoms. The summed E-state index contributed by atoms with van der Waals surface area (Å²) in [5.74, 6) is 1.77. The zero-order chi connectivity index (χ0) is 22.5. The van der Waals surface area contributed by atoms with Crippen molar-refractivity contribution in [1.82, 2.24) is 14.9 Å². The van der Waals surface area contributed by atoms with Gasteiger partial charge >= 0.3 is 0 Å². The molecule has 0 aliphatic carbocycles. The zero-order valence-corrected chi connectivity index (χ0v) is 19.4. The molecule has 4 rings (SSSR count). The lowest BCUT2D eigenvalue weighted by Gasteiger charge is -2.34. The van der Waals surface area contributed by atoms with E-state index in [0.717, 1.165) is 48.9 Å². The predicted octanol–water partition coefficient (Wildman–Crippen LogP) is 4.81. The monoisotopic (exact) mass is 452 g/mol. The summed E-state index contributed by atoms with van der Waals surface area (Å²) in [5.41, 5.74) is 3.10. The summed E-state index contributed by atoms with van der Waals surface area (Å²) >= 11 is 6.36. The van der Waals surface area contributed by atoms with Crippen LogP contribution < -0.4 is 20.3 Å². The third kappa shape index (κ3) is 5.23. The average molecular weight is 453 g/mol. The van der Waals surface area contributed by atoms with Crippen molar-refractivity contribution in [2.45, 2.75) is 13.0 Å². The number of anilines is 4. The Morgan fingerprint density at radius 1 is 1.06 bits per heavy atom. The van der Waals surface area contributed by atoms with Gasteiger partial charge in [0.25, 0.3) is 0 Å². The smallest absolute Gasteiger partial charge is 0.229 e. The van der Waals surface area contributed by atoms with Crippen molar-refractivity contribution in [2.75, 3.05) is 55.9 Å². The summed E-state index contributed by atoms with van der Waals surface area (Å²) in [6.45, 7) is 6.18. The van der Waals surface area contributed by atoms with Crippen LogP contribution in [-0.4, -0.2) is 55.2 Å². The van der Waals surface area contributed by atoms with Crippen LogP contribution in [0.4, 0.5) is 23.1 Å². The van der Waals surface area contributed by atoms with Gasteiger partial charge in [-0.3, -0.25) is 0 Å². The van der Waals surface area contributed by atoms with E-state index in [0.29, 0.717) is 16.8 Å². The van der Waals surface area contributed by atoms with Crippen LogP contribution in [0.15, 0.2) is 54.7 Å². The Labute approximate surface area is 194 Å². The first-order valence-electron chi connectivity index (χ1n) is 10.8. The zero-order valence-electron chi connectivity index (χ0n) is 18.7. The van der Waals surface area contributed by atoms with E-state index in [9.17, 15) is 0 Å². The van der Waals surface area contributed by atoms with Gasteiger partial charge in [0, 0.05) is 44.0 Å². The summed E-state index contributed by atoms with van der Waals surface area (Å²) in [6.07, 6.45) is 1.60. The first kappa shape index (κ1) is 22.2. The van der Waals surface area contributed by atoms with Gasteiger partial charge in [-0.1, -0.05) is 41.9 Å². The number of hydrogen-bond donors (Lipinski definition) is 2. The van der Waals surface area contributed by atoms with E-state index in [4.69, 9.17) is 16.3 Å². The van der Waals surface area contributed by atoms with E-state index in [1.807, 2.05) is 24.3 Å². The summed E-state index contributed by atoms with van der Waals surface area (Å²) in [5, 5.41) is 7.11. The molecular formula is C24H29ClN6O. The van der Waals surface area contributed by atoms with Crippen molar-refractivity contribution in [3.8, 4) is 5.75 Å². The van der Waals surface area contributed by atoms with Crippen molar-refractivity contribution in [3.05, 3.63) is 65.3 Å². The molecular weight excluding hydrogens is 424 g/mol. The molecule has 168 valence electrons. The molecule has 2 N–H and O–H groups in total. The van der Waals surface area contributed by atoms with Gasteiger partial charge in [-0.25, -0.2) is 4.98 Å². The van der Waals surface area contributed by atoms with Crippen molar-refractivity contribution in [3.63, 3.8) is 0 Å². The van der Waals surface area contributed by atoms with Crippen LogP contribution in [0.5, 0.6) is 5.75 Å². The fourth-order valence-corrected chi connectivity index (χ4v) is 3.87. The van der Waals surface area contributed by atoms with E-state index in [-0.39, 0.29) is 6.04 Å². The van der Waals surface area contributed by atoms with Crippen molar-refractivity contribution in [1.29, 1.82) is 0 Å². The molecule has 1 unspecified atom stereocenters. The lowest BCUT2D eigenvalue weighted by molar-refractivity contribution is 0.312. The van der Waals surface area contributed by atoms with Crippen LogP contribution >= 0.6 is 11.6 Å². The minimum absolute atomic E-state index is 0.0499. The summed E-state index contributed by atoms with van der Waals surface area (Å²) < 4.78 is 5.65. The molecule has 8 heteroatoms. The molecule has 1 fully saturated rings. The highest BCUT2D eigenvalue weighted by Crippen LogP contribution is 2.33.